The van der Waals surface area contributed by atoms with Crippen molar-refractivity contribution >= 4 is 5.91 Å². The Labute approximate surface area is 147 Å². The summed E-state index contributed by atoms with van der Waals surface area (Å²) in [4.78, 5) is 22.7. The molecular weight excluding hydrogens is 320 g/mol. The maximum atomic E-state index is 12.0. The van der Waals surface area contributed by atoms with Crippen LogP contribution in [-0.4, -0.2) is 51.6 Å². The van der Waals surface area contributed by atoms with Gasteiger partial charge in [-0.15, -0.1) is 0 Å². The number of likely N-dealkylation sites (tertiary alicyclic amines) is 1. The summed E-state index contributed by atoms with van der Waals surface area (Å²) in [7, 11) is 0. The van der Waals surface area contributed by atoms with E-state index >= 15 is 0 Å². The molecule has 1 fully saturated rings. The summed E-state index contributed by atoms with van der Waals surface area (Å²) in [6, 6.07) is 5.96. The summed E-state index contributed by atoms with van der Waals surface area (Å²) in [6.07, 6.45) is 3.88. The number of carbonyl (C=O) groups excluding carboxylic acids is 1. The second kappa shape index (κ2) is 8.68. The molecule has 3 rings (SSSR count). The Morgan fingerprint density at radius 2 is 2.36 bits per heavy atom. The number of nitrogens with one attached hydrogen (secondary N) is 2. The number of rotatable bonds is 7. The topological polar surface area (TPSA) is 96.2 Å². The molecule has 1 aliphatic rings. The number of carbonyl (C=O) groups is 1. The molecule has 1 atom stereocenters. The Bertz CT molecular complexity index is 675. The van der Waals surface area contributed by atoms with Crippen LogP contribution < -0.4 is 10.6 Å². The molecule has 1 aliphatic heterocycles. The number of aryl methyl sites for hydroxylation is 1. The average molecular weight is 344 g/mol. The largest absolute Gasteiger partial charge is 0.349 e. The number of amides is 1. The van der Waals surface area contributed by atoms with E-state index in [1.807, 2.05) is 18.2 Å². The van der Waals surface area contributed by atoms with Crippen LogP contribution in [0.15, 0.2) is 28.9 Å². The molecule has 134 valence electrons. The van der Waals surface area contributed by atoms with E-state index in [1.165, 1.54) is 0 Å². The fourth-order valence-corrected chi connectivity index (χ4v) is 2.96. The predicted octanol–water partition coefficient (Wildman–Crippen LogP) is 0.643. The van der Waals surface area contributed by atoms with Gasteiger partial charge in [-0.05, 0) is 31.5 Å². The molecule has 0 radical (unpaired) electrons. The molecule has 0 unspecified atom stereocenters. The van der Waals surface area contributed by atoms with Gasteiger partial charge >= 0.3 is 0 Å². The minimum atomic E-state index is -0.0171. The van der Waals surface area contributed by atoms with Gasteiger partial charge in [-0.1, -0.05) is 11.2 Å². The average Bonchev–Trinajstić information content (AvgIpc) is 3.04. The van der Waals surface area contributed by atoms with Crippen molar-refractivity contribution in [3.8, 4) is 0 Å². The molecule has 2 aromatic rings. The van der Waals surface area contributed by atoms with E-state index in [1.54, 1.807) is 13.1 Å². The molecule has 1 saturated heterocycles. The highest BCUT2D eigenvalue weighted by Crippen LogP contribution is 2.12. The lowest BCUT2D eigenvalue weighted by molar-refractivity contribution is -0.120. The van der Waals surface area contributed by atoms with Gasteiger partial charge in [0.25, 0.3) is 0 Å². The first-order chi connectivity index (χ1) is 12.2. The van der Waals surface area contributed by atoms with Crippen molar-refractivity contribution in [2.75, 3.05) is 19.6 Å². The molecule has 0 spiro atoms. The summed E-state index contributed by atoms with van der Waals surface area (Å²) in [6.45, 7) is 5.13. The maximum Gasteiger partial charge on any atom is 0.234 e. The van der Waals surface area contributed by atoms with E-state index in [0.29, 0.717) is 37.4 Å². The number of aromatic nitrogens is 3. The van der Waals surface area contributed by atoms with Crippen molar-refractivity contribution in [3.05, 3.63) is 41.8 Å². The van der Waals surface area contributed by atoms with E-state index in [0.717, 1.165) is 31.6 Å². The van der Waals surface area contributed by atoms with E-state index in [-0.39, 0.29) is 5.91 Å². The Morgan fingerprint density at radius 1 is 1.44 bits per heavy atom. The number of nitrogens with zero attached hydrogens (tertiary/aromatic N) is 4. The summed E-state index contributed by atoms with van der Waals surface area (Å²) in [5.41, 5.74) is 0.857. The molecule has 0 aliphatic carbocycles. The number of piperidine rings is 1. The normalized spacial score (nSPS) is 18.2. The van der Waals surface area contributed by atoms with Crippen LogP contribution in [0.3, 0.4) is 0 Å². The van der Waals surface area contributed by atoms with Gasteiger partial charge in [0.05, 0.1) is 25.3 Å². The molecule has 0 aromatic carbocycles. The molecule has 8 heteroatoms. The van der Waals surface area contributed by atoms with Crippen molar-refractivity contribution in [3.63, 3.8) is 0 Å². The van der Waals surface area contributed by atoms with Gasteiger partial charge in [0.15, 0.2) is 5.82 Å². The van der Waals surface area contributed by atoms with Crippen molar-refractivity contribution in [2.24, 2.45) is 0 Å². The van der Waals surface area contributed by atoms with Crippen LogP contribution in [0.4, 0.5) is 0 Å². The smallest absolute Gasteiger partial charge is 0.234 e. The molecule has 3 heterocycles. The van der Waals surface area contributed by atoms with Crippen LogP contribution >= 0.6 is 0 Å². The standard InChI is InChI=1S/C17H24N6O2/c1-13-21-16(22-25-13)12-23-8-4-6-15(11-23)19-10-17(24)20-9-14-5-2-3-7-18-14/h2-3,5,7,15,19H,4,6,8-12H2,1H3,(H,20,24)/t15-/m1/s1. The second-order valence-corrected chi connectivity index (χ2v) is 6.28. The van der Waals surface area contributed by atoms with Crippen molar-refractivity contribution in [1.29, 1.82) is 0 Å². The zero-order valence-corrected chi connectivity index (χ0v) is 14.4. The first-order valence-corrected chi connectivity index (χ1v) is 8.60. The van der Waals surface area contributed by atoms with Crippen LogP contribution in [0.25, 0.3) is 0 Å². The first kappa shape index (κ1) is 17.5. The summed E-state index contributed by atoms with van der Waals surface area (Å²) >= 11 is 0. The van der Waals surface area contributed by atoms with Gasteiger partial charge in [0, 0.05) is 25.7 Å². The lowest BCUT2D eigenvalue weighted by Gasteiger charge is -2.32. The quantitative estimate of drug-likeness (QED) is 0.761. The molecule has 2 N–H and O–H groups in total. The highest BCUT2D eigenvalue weighted by Gasteiger charge is 2.21. The Morgan fingerprint density at radius 3 is 3.12 bits per heavy atom. The van der Waals surface area contributed by atoms with Gasteiger partial charge in [0.2, 0.25) is 11.8 Å². The molecule has 2 aromatic heterocycles. The van der Waals surface area contributed by atoms with Gasteiger partial charge in [-0.3, -0.25) is 14.7 Å². The summed E-state index contributed by atoms with van der Waals surface area (Å²) < 4.78 is 5.01. The summed E-state index contributed by atoms with van der Waals surface area (Å²) in [5, 5.41) is 10.2. The molecule has 25 heavy (non-hydrogen) atoms. The fraction of sp³-hybridized carbons (Fsp3) is 0.529. The minimum absolute atomic E-state index is 0.0171. The molecule has 1 amide bonds. The lowest BCUT2D eigenvalue weighted by atomic mass is 10.1. The van der Waals surface area contributed by atoms with Gasteiger partial charge in [-0.2, -0.15) is 4.98 Å². The maximum absolute atomic E-state index is 12.0. The molecule has 8 nitrogen and oxygen atoms in total. The van der Waals surface area contributed by atoms with Crippen LogP contribution in [0.5, 0.6) is 0 Å². The van der Waals surface area contributed by atoms with Crippen LogP contribution in [0, 0.1) is 6.92 Å². The third-order valence-corrected chi connectivity index (χ3v) is 4.18. The van der Waals surface area contributed by atoms with E-state index in [4.69, 9.17) is 4.52 Å². The number of pyridine rings is 1. The monoisotopic (exact) mass is 344 g/mol. The first-order valence-electron chi connectivity index (χ1n) is 8.60. The Hall–Kier alpha value is -2.32. The highest BCUT2D eigenvalue weighted by molar-refractivity contribution is 5.77. The van der Waals surface area contributed by atoms with Gasteiger partial charge < -0.3 is 15.2 Å². The van der Waals surface area contributed by atoms with E-state index in [2.05, 4.69) is 30.7 Å². The zero-order chi connectivity index (χ0) is 17.5. The van der Waals surface area contributed by atoms with Gasteiger partial charge in [0.1, 0.15) is 0 Å². The Balaban J connectivity index is 1.38. The van der Waals surface area contributed by atoms with Crippen LogP contribution in [0.1, 0.15) is 30.3 Å². The third kappa shape index (κ3) is 5.61. The molecular formula is C17H24N6O2. The van der Waals surface area contributed by atoms with E-state index < -0.39 is 0 Å². The second-order valence-electron chi connectivity index (χ2n) is 6.28. The highest BCUT2D eigenvalue weighted by atomic mass is 16.5. The predicted molar refractivity (Wildman–Crippen MR) is 91.4 cm³/mol. The zero-order valence-electron chi connectivity index (χ0n) is 14.4. The number of hydrogen-bond donors (Lipinski definition) is 2. The number of hydrogen-bond acceptors (Lipinski definition) is 7. The molecule has 0 bridgehead atoms. The summed E-state index contributed by atoms with van der Waals surface area (Å²) in [5.74, 6) is 1.29. The lowest BCUT2D eigenvalue weighted by Crippen LogP contribution is -2.48. The van der Waals surface area contributed by atoms with Crippen molar-refractivity contribution in [2.45, 2.75) is 38.9 Å². The van der Waals surface area contributed by atoms with Crippen molar-refractivity contribution in [1.82, 2.24) is 30.7 Å². The minimum Gasteiger partial charge on any atom is -0.349 e. The van der Waals surface area contributed by atoms with Gasteiger partial charge in [-0.25, -0.2) is 0 Å². The van der Waals surface area contributed by atoms with Crippen LogP contribution in [-0.2, 0) is 17.9 Å². The third-order valence-electron chi connectivity index (χ3n) is 4.18. The SMILES string of the molecule is Cc1nc(CN2CCC[C@@H](NCC(=O)NCc3ccccn3)C2)no1. The molecule has 0 saturated carbocycles. The van der Waals surface area contributed by atoms with Crippen LogP contribution in [0.2, 0.25) is 0 Å². The fourth-order valence-electron chi connectivity index (χ4n) is 2.96. The Kier molecular flexibility index (Phi) is 6.08. The van der Waals surface area contributed by atoms with E-state index in [9.17, 15) is 4.79 Å². The van der Waals surface area contributed by atoms with Crippen molar-refractivity contribution < 1.29 is 9.32 Å².